The van der Waals surface area contributed by atoms with Gasteiger partial charge in [-0.1, -0.05) is 11.6 Å². The van der Waals surface area contributed by atoms with Gasteiger partial charge < -0.3 is 20.1 Å². The van der Waals surface area contributed by atoms with E-state index in [0.717, 1.165) is 31.7 Å². The van der Waals surface area contributed by atoms with Crippen LogP contribution in [-0.4, -0.2) is 37.3 Å². The van der Waals surface area contributed by atoms with E-state index in [2.05, 4.69) is 15.6 Å². The molecule has 1 amide bonds. The first-order valence-corrected chi connectivity index (χ1v) is 8.50. The predicted octanol–water partition coefficient (Wildman–Crippen LogP) is 3.59. The molecule has 0 aliphatic carbocycles. The van der Waals surface area contributed by atoms with Crippen LogP contribution in [0, 0.1) is 0 Å². The van der Waals surface area contributed by atoms with Crippen molar-refractivity contribution in [1.82, 2.24) is 4.98 Å². The summed E-state index contributed by atoms with van der Waals surface area (Å²) in [6.45, 7) is 1.57. The Balaban J connectivity index is 1.61. The Labute approximate surface area is 151 Å². The van der Waals surface area contributed by atoms with Crippen LogP contribution in [0.15, 0.2) is 36.5 Å². The van der Waals surface area contributed by atoms with Crippen molar-refractivity contribution in [2.45, 2.75) is 18.9 Å². The average molecular weight is 362 g/mol. The first-order chi connectivity index (χ1) is 12.2. The van der Waals surface area contributed by atoms with Crippen LogP contribution in [-0.2, 0) is 4.74 Å². The number of ether oxygens (including phenoxy) is 2. The van der Waals surface area contributed by atoms with Gasteiger partial charge in [-0.15, -0.1) is 0 Å². The summed E-state index contributed by atoms with van der Waals surface area (Å²) in [6.07, 6.45) is 4.07. The molecule has 2 heterocycles. The van der Waals surface area contributed by atoms with E-state index in [0.29, 0.717) is 22.2 Å². The fourth-order valence-corrected chi connectivity index (χ4v) is 2.81. The number of aromatic nitrogens is 1. The minimum Gasteiger partial charge on any atom is -0.495 e. The van der Waals surface area contributed by atoms with E-state index >= 15 is 0 Å². The number of rotatable bonds is 6. The normalized spacial score (nSPS) is 16.5. The van der Waals surface area contributed by atoms with Gasteiger partial charge in [0.2, 0.25) is 0 Å². The second kappa shape index (κ2) is 8.18. The predicted molar refractivity (Wildman–Crippen MR) is 97.7 cm³/mol. The molecule has 2 aromatic rings. The molecule has 7 heteroatoms. The van der Waals surface area contributed by atoms with Crippen molar-refractivity contribution < 1.29 is 14.3 Å². The fraction of sp³-hybridized carbons (Fsp3) is 0.333. The van der Waals surface area contributed by atoms with E-state index in [1.165, 1.54) is 7.11 Å². The summed E-state index contributed by atoms with van der Waals surface area (Å²) in [6, 6.07) is 8.53. The lowest BCUT2D eigenvalue weighted by molar-refractivity contribution is 0.102. The molecule has 1 aromatic heterocycles. The van der Waals surface area contributed by atoms with Gasteiger partial charge in [0.05, 0.1) is 30.8 Å². The third-order valence-electron chi connectivity index (χ3n) is 3.96. The third-order valence-corrected chi connectivity index (χ3v) is 4.20. The molecule has 0 bridgehead atoms. The van der Waals surface area contributed by atoms with E-state index < -0.39 is 0 Å². The maximum atomic E-state index is 12.4. The van der Waals surface area contributed by atoms with Gasteiger partial charge in [0.15, 0.2) is 0 Å². The molecule has 0 saturated carbocycles. The molecule has 132 valence electrons. The zero-order valence-corrected chi connectivity index (χ0v) is 14.7. The number of methoxy groups -OCH3 is 1. The van der Waals surface area contributed by atoms with Crippen molar-refractivity contribution in [1.29, 1.82) is 0 Å². The van der Waals surface area contributed by atoms with Crippen LogP contribution in [0.1, 0.15) is 23.3 Å². The topological polar surface area (TPSA) is 72.5 Å². The summed E-state index contributed by atoms with van der Waals surface area (Å²) in [4.78, 5) is 16.6. The second-order valence-electron chi connectivity index (χ2n) is 5.75. The lowest BCUT2D eigenvalue weighted by Crippen LogP contribution is -2.19. The van der Waals surface area contributed by atoms with Gasteiger partial charge in [-0.3, -0.25) is 4.79 Å². The van der Waals surface area contributed by atoms with Gasteiger partial charge in [0.1, 0.15) is 11.4 Å². The first kappa shape index (κ1) is 17.5. The summed E-state index contributed by atoms with van der Waals surface area (Å²) in [5, 5.41) is 6.55. The summed E-state index contributed by atoms with van der Waals surface area (Å²) < 4.78 is 10.8. The number of anilines is 2. The highest BCUT2D eigenvalue weighted by Crippen LogP contribution is 2.28. The van der Waals surface area contributed by atoms with E-state index in [-0.39, 0.29) is 12.0 Å². The molecule has 6 nitrogen and oxygen atoms in total. The molecular formula is C18H20ClN3O3. The fourth-order valence-electron chi connectivity index (χ4n) is 2.63. The molecule has 1 aromatic carbocycles. The summed E-state index contributed by atoms with van der Waals surface area (Å²) in [7, 11) is 1.53. The SMILES string of the molecule is COc1ccc(Cl)cc1NC(=O)c1ccc(NCC2CCCO2)cn1. The minimum absolute atomic E-state index is 0.248. The van der Waals surface area contributed by atoms with Crippen molar-refractivity contribution in [2.24, 2.45) is 0 Å². The standard InChI is InChI=1S/C18H20ClN3O3/c1-24-17-7-4-12(19)9-16(17)22-18(23)15-6-5-13(10-21-15)20-11-14-3-2-8-25-14/h4-7,9-10,14,20H,2-3,8,11H2,1H3,(H,22,23). The van der Waals surface area contributed by atoms with Gasteiger partial charge in [0, 0.05) is 18.2 Å². The average Bonchev–Trinajstić information content (AvgIpc) is 3.14. The third kappa shape index (κ3) is 4.61. The lowest BCUT2D eigenvalue weighted by atomic mass is 10.2. The number of benzene rings is 1. The summed E-state index contributed by atoms with van der Waals surface area (Å²) in [5.41, 5.74) is 1.67. The number of carbonyl (C=O) groups is 1. The molecule has 1 aliphatic rings. The highest BCUT2D eigenvalue weighted by atomic mass is 35.5. The highest BCUT2D eigenvalue weighted by Gasteiger charge is 2.15. The Bertz CT molecular complexity index is 731. The molecule has 2 N–H and O–H groups in total. The number of carbonyl (C=O) groups excluding carboxylic acids is 1. The number of amides is 1. The Morgan fingerprint density at radius 1 is 1.40 bits per heavy atom. The number of nitrogens with zero attached hydrogens (tertiary/aromatic N) is 1. The molecule has 0 spiro atoms. The maximum absolute atomic E-state index is 12.4. The second-order valence-corrected chi connectivity index (χ2v) is 6.18. The van der Waals surface area contributed by atoms with Crippen LogP contribution in [0.5, 0.6) is 5.75 Å². The van der Waals surface area contributed by atoms with Crippen LogP contribution < -0.4 is 15.4 Å². The van der Waals surface area contributed by atoms with Gasteiger partial charge in [-0.25, -0.2) is 4.98 Å². The number of hydrogen-bond acceptors (Lipinski definition) is 5. The monoisotopic (exact) mass is 361 g/mol. The van der Waals surface area contributed by atoms with Crippen molar-refractivity contribution in [3.63, 3.8) is 0 Å². The number of nitrogens with one attached hydrogen (secondary N) is 2. The molecule has 1 fully saturated rings. The van der Waals surface area contributed by atoms with Gasteiger partial charge in [-0.2, -0.15) is 0 Å². The quantitative estimate of drug-likeness (QED) is 0.822. The largest absolute Gasteiger partial charge is 0.495 e. The Morgan fingerprint density at radius 2 is 2.28 bits per heavy atom. The zero-order chi connectivity index (χ0) is 17.6. The van der Waals surface area contributed by atoms with E-state index in [1.54, 1.807) is 30.5 Å². The molecule has 1 saturated heterocycles. The molecule has 1 aliphatic heterocycles. The molecular weight excluding hydrogens is 342 g/mol. The van der Waals surface area contributed by atoms with Crippen molar-refractivity contribution in [3.05, 3.63) is 47.2 Å². The Hall–Kier alpha value is -2.31. The maximum Gasteiger partial charge on any atom is 0.274 e. The first-order valence-electron chi connectivity index (χ1n) is 8.12. The smallest absolute Gasteiger partial charge is 0.274 e. The van der Waals surface area contributed by atoms with Crippen LogP contribution in [0.25, 0.3) is 0 Å². The molecule has 1 unspecified atom stereocenters. The van der Waals surface area contributed by atoms with Gasteiger partial charge >= 0.3 is 0 Å². The Kier molecular flexibility index (Phi) is 5.73. The molecule has 1 atom stereocenters. The molecule has 3 rings (SSSR count). The number of halogens is 1. The van der Waals surface area contributed by atoms with Crippen LogP contribution in [0.2, 0.25) is 5.02 Å². The molecule has 25 heavy (non-hydrogen) atoms. The number of hydrogen-bond donors (Lipinski definition) is 2. The number of pyridine rings is 1. The molecule has 0 radical (unpaired) electrons. The van der Waals surface area contributed by atoms with Gasteiger partial charge in [-0.05, 0) is 43.2 Å². The lowest BCUT2D eigenvalue weighted by Gasteiger charge is -2.12. The van der Waals surface area contributed by atoms with E-state index in [1.807, 2.05) is 6.07 Å². The summed E-state index contributed by atoms with van der Waals surface area (Å²) >= 11 is 5.97. The Morgan fingerprint density at radius 3 is 2.96 bits per heavy atom. The van der Waals surface area contributed by atoms with Crippen molar-refractivity contribution in [2.75, 3.05) is 30.9 Å². The van der Waals surface area contributed by atoms with Crippen LogP contribution in [0.3, 0.4) is 0 Å². The zero-order valence-electron chi connectivity index (χ0n) is 13.9. The van der Waals surface area contributed by atoms with E-state index in [9.17, 15) is 4.79 Å². The van der Waals surface area contributed by atoms with E-state index in [4.69, 9.17) is 21.1 Å². The van der Waals surface area contributed by atoms with Crippen LogP contribution in [0.4, 0.5) is 11.4 Å². The minimum atomic E-state index is -0.328. The van der Waals surface area contributed by atoms with Crippen molar-refractivity contribution in [3.8, 4) is 5.75 Å². The van der Waals surface area contributed by atoms with Crippen molar-refractivity contribution >= 4 is 28.9 Å². The van der Waals surface area contributed by atoms with Crippen LogP contribution >= 0.6 is 11.6 Å². The summed E-state index contributed by atoms with van der Waals surface area (Å²) in [5.74, 6) is 0.207. The highest BCUT2D eigenvalue weighted by molar-refractivity contribution is 6.31. The van der Waals surface area contributed by atoms with Gasteiger partial charge in [0.25, 0.3) is 5.91 Å².